The minimum Gasteiger partial charge on any atom is -0.323 e. The van der Waals surface area contributed by atoms with E-state index in [1.807, 2.05) is 100.0 Å². The van der Waals surface area contributed by atoms with Crippen LogP contribution in [0, 0.1) is 27.7 Å². The summed E-state index contributed by atoms with van der Waals surface area (Å²) in [5.74, 6) is -0.354. The van der Waals surface area contributed by atoms with Crippen molar-refractivity contribution in [3.05, 3.63) is 88.7 Å². The van der Waals surface area contributed by atoms with Crippen molar-refractivity contribution >= 4 is 23.2 Å². The van der Waals surface area contributed by atoms with Gasteiger partial charge in [0.25, 0.3) is 11.8 Å². The molecule has 0 radical (unpaired) electrons. The number of amides is 2. The van der Waals surface area contributed by atoms with Crippen molar-refractivity contribution in [1.82, 2.24) is 0 Å². The summed E-state index contributed by atoms with van der Waals surface area (Å²) in [7, 11) is 0. The molecule has 1 aliphatic heterocycles. The number of para-hydroxylation sites is 1. The Labute approximate surface area is 183 Å². The molecule has 1 aliphatic rings. The van der Waals surface area contributed by atoms with Crippen molar-refractivity contribution in [3.8, 4) is 0 Å². The van der Waals surface area contributed by atoms with E-state index >= 15 is 0 Å². The highest BCUT2D eigenvalue weighted by Crippen LogP contribution is 2.37. The second kappa shape index (κ2) is 7.65. The van der Waals surface area contributed by atoms with Crippen LogP contribution in [0.3, 0.4) is 0 Å². The summed E-state index contributed by atoms with van der Waals surface area (Å²) in [5, 5.41) is 3.13. The molecule has 2 heterocycles. The maximum absolute atomic E-state index is 13.9. The van der Waals surface area contributed by atoms with Crippen LogP contribution in [-0.4, -0.2) is 11.8 Å². The van der Waals surface area contributed by atoms with E-state index in [4.69, 9.17) is 0 Å². The average Bonchev–Trinajstić information content (AvgIpc) is 2.72. The normalized spacial score (nSPS) is 18.0. The van der Waals surface area contributed by atoms with E-state index in [1.54, 1.807) is 4.90 Å². The van der Waals surface area contributed by atoms with Crippen molar-refractivity contribution in [2.45, 2.75) is 46.7 Å². The number of fused-ring (bicyclic) bond motifs is 1. The van der Waals surface area contributed by atoms with Crippen molar-refractivity contribution < 1.29 is 14.2 Å². The third-order valence-electron chi connectivity index (χ3n) is 6.20. The van der Waals surface area contributed by atoms with Gasteiger partial charge in [-0.3, -0.25) is 14.5 Å². The molecule has 4 rings (SSSR count). The van der Waals surface area contributed by atoms with E-state index in [0.717, 1.165) is 39.3 Å². The third kappa shape index (κ3) is 3.40. The second-order valence-corrected chi connectivity index (χ2v) is 8.53. The van der Waals surface area contributed by atoms with Crippen LogP contribution in [0.5, 0.6) is 0 Å². The van der Waals surface area contributed by atoms with E-state index in [0.29, 0.717) is 0 Å². The predicted octanol–water partition coefficient (Wildman–Crippen LogP) is 4.11. The Morgan fingerprint density at radius 3 is 2.35 bits per heavy atom. The molecule has 1 atom stereocenters. The Balaban J connectivity index is 1.90. The van der Waals surface area contributed by atoms with Crippen molar-refractivity contribution in [1.29, 1.82) is 0 Å². The first-order valence-electron chi connectivity index (χ1n) is 10.5. The van der Waals surface area contributed by atoms with Gasteiger partial charge in [0.1, 0.15) is 0 Å². The van der Waals surface area contributed by atoms with Crippen LogP contribution < -0.4 is 14.8 Å². The predicted molar refractivity (Wildman–Crippen MR) is 122 cm³/mol. The number of aryl methyl sites for hydroxylation is 4. The number of carbonyl (C=O) groups is 2. The Hall–Kier alpha value is -3.47. The van der Waals surface area contributed by atoms with Gasteiger partial charge in [0.05, 0.1) is 0 Å². The van der Waals surface area contributed by atoms with Gasteiger partial charge in [0, 0.05) is 23.5 Å². The quantitative estimate of drug-likeness (QED) is 0.656. The van der Waals surface area contributed by atoms with Crippen LogP contribution in [0.15, 0.2) is 60.8 Å². The lowest BCUT2D eigenvalue weighted by molar-refractivity contribution is -0.697. The smallest absolute Gasteiger partial charge is 0.294 e. The molecule has 0 unspecified atom stereocenters. The first-order chi connectivity index (χ1) is 14.7. The molecule has 5 heteroatoms. The minimum absolute atomic E-state index is 0.116. The summed E-state index contributed by atoms with van der Waals surface area (Å²) in [6.07, 6.45) is 1.86. The highest BCUT2D eigenvalue weighted by atomic mass is 16.2. The lowest BCUT2D eigenvalue weighted by Crippen LogP contribution is -2.67. The molecule has 0 saturated heterocycles. The van der Waals surface area contributed by atoms with Gasteiger partial charge < -0.3 is 5.32 Å². The molecule has 2 amide bonds. The molecule has 0 bridgehead atoms. The monoisotopic (exact) mass is 414 g/mol. The Morgan fingerprint density at radius 2 is 1.68 bits per heavy atom. The van der Waals surface area contributed by atoms with Crippen LogP contribution >= 0.6 is 0 Å². The highest BCUT2D eigenvalue weighted by Gasteiger charge is 2.54. The SMILES string of the molecule is Cc1ccc(N2C(=O)C[n+]3ccccc3[C@]2(C)C(=O)Nc2c(C)cccc2C)c(C)c1. The molecule has 0 saturated carbocycles. The van der Waals surface area contributed by atoms with Gasteiger partial charge in [-0.1, -0.05) is 42.0 Å². The van der Waals surface area contributed by atoms with Gasteiger partial charge in [-0.25, -0.2) is 0 Å². The summed E-state index contributed by atoms with van der Waals surface area (Å²) >= 11 is 0. The number of nitrogens with zero attached hydrogens (tertiary/aromatic N) is 2. The standard InChI is InChI=1S/C26H27N3O2/c1-17-12-13-21(20(4)15-17)29-23(30)16-28-14-7-6-11-22(28)26(29,5)25(31)27-24-18(2)9-8-10-19(24)3/h6-15H,16H2,1-5H3/p+1/t26-/m1/s1. The zero-order valence-corrected chi connectivity index (χ0v) is 18.7. The number of pyridine rings is 1. The van der Waals surface area contributed by atoms with Crippen LogP contribution in [0.1, 0.15) is 34.9 Å². The first-order valence-corrected chi connectivity index (χ1v) is 10.5. The number of benzene rings is 2. The number of aromatic nitrogens is 1. The fourth-order valence-electron chi connectivity index (χ4n) is 4.53. The topological polar surface area (TPSA) is 53.3 Å². The van der Waals surface area contributed by atoms with E-state index in [2.05, 4.69) is 5.32 Å². The molecule has 0 aliphatic carbocycles. The fraction of sp³-hybridized carbons (Fsp3) is 0.269. The van der Waals surface area contributed by atoms with Crippen molar-refractivity contribution in [2.24, 2.45) is 0 Å². The van der Waals surface area contributed by atoms with E-state index in [9.17, 15) is 9.59 Å². The molecular formula is C26H28N3O2+. The molecule has 3 aromatic rings. The van der Waals surface area contributed by atoms with Crippen LogP contribution in [0.25, 0.3) is 0 Å². The van der Waals surface area contributed by atoms with Crippen LogP contribution in [0.4, 0.5) is 11.4 Å². The number of anilines is 2. The lowest BCUT2D eigenvalue weighted by Gasteiger charge is -2.41. The molecule has 31 heavy (non-hydrogen) atoms. The summed E-state index contributed by atoms with van der Waals surface area (Å²) in [6, 6.07) is 17.6. The highest BCUT2D eigenvalue weighted by molar-refractivity contribution is 6.09. The molecular weight excluding hydrogens is 386 g/mol. The van der Waals surface area contributed by atoms with Crippen molar-refractivity contribution in [2.75, 3.05) is 10.2 Å². The molecule has 1 aromatic heterocycles. The van der Waals surface area contributed by atoms with Gasteiger partial charge in [-0.2, -0.15) is 4.57 Å². The van der Waals surface area contributed by atoms with E-state index < -0.39 is 5.54 Å². The van der Waals surface area contributed by atoms with Crippen LogP contribution in [-0.2, 0) is 21.7 Å². The average molecular weight is 415 g/mol. The number of carbonyl (C=O) groups excluding carboxylic acids is 2. The van der Waals surface area contributed by atoms with Gasteiger partial charge in [-0.05, 0) is 57.4 Å². The lowest BCUT2D eigenvalue weighted by atomic mass is 9.88. The van der Waals surface area contributed by atoms with E-state index in [1.165, 1.54) is 0 Å². The number of hydrogen-bond donors (Lipinski definition) is 1. The Morgan fingerprint density at radius 1 is 0.968 bits per heavy atom. The number of hydrogen-bond acceptors (Lipinski definition) is 2. The summed E-state index contributed by atoms with van der Waals surface area (Å²) in [6.45, 7) is 9.97. The zero-order chi connectivity index (χ0) is 22.3. The van der Waals surface area contributed by atoms with E-state index in [-0.39, 0.29) is 18.4 Å². The maximum atomic E-state index is 13.9. The second-order valence-electron chi connectivity index (χ2n) is 8.53. The molecule has 158 valence electrons. The minimum atomic E-state index is -1.22. The number of rotatable bonds is 3. The summed E-state index contributed by atoms with van der Waals surface area (Å²) in [5.41, 5.74) is 5.14. The van der Waals surface area contributed by atoms with Crippen molar-refractivity contribution in [3.63, 3.8) is 0 Å². The van der Waals surface area contributed by atoms with Gasteiger partial charge in [0.15, 0.2) is 6.20 Å². The molecule has 0 fully saturated rings. The van der Waals surface area contributed by atoms with Crippen LogP contribution in [0.2, 0.25) is 0 Å². The molecule has 2 aromatic carbocycles. The first kappa shape index (κ1) is 20.8. The summed E-state index contributed by atoms with van der Waals surface area (Å²) < 4.78 is 1.87. The van der Waals surface area contributed by atoms with Gasteiger partial charge >= 0.3 is 0 Å². The van der Waals surface area contributed by atoms with Gasteiger partial charge in [-0.15, -0.1) is 0 Å². The fourth-order valence-corrected chi connectivity index (χ4v) is 4.53. The number of nitrogens with one attached hydrogen (secondary N) is 1. The molecule has 0 spiro atoms. The Kier molecular flexibility index (Phi) is 5.13. The summed E-state index contributed by atoms with van der Waals surface area (Å²) in [4.78, 5) is 29.0. The molecule has 5 nitrogen and oxygen atoms in total. The third-order valence-corrected chi connectivity index (χ3v) is 6.20. The molecule has 1 N–H and O–H groups in total. The maximum Gasteiger partial charge on any atom is 0.294 e. The zero-order valence-electron chi connectivity index (χ0n) is 18.7. The Bertz CT molecular complexity index is 1180. The van der Waals surface area contributed by atoms with Gasteiger partial charge in [0.2, 0.25) is 17.8 Å². The largest absolute Gasteiger partial charge is 0.323 e.